The van der Waals surface area contributed by atoms with Crippen LogP contribution in [-0.4, -0.2) is 5.78 Å². The van der Waals surface area contributed by atoms with Crippen LogP contribution in [0.5, 0.6) is 0 Å². The van der Waals surface area contributed by atoms with Crippen molar-refractivity contribution in [2.45, 2.75) is 40.0 Å². The molecule has 0 saturated heterocycles. The van der Waals surface area contributed by atoms with E-state index in [4.69, 9.17) is 0 Å². The summed E-state index contributed by atoms with van der Waals surface area (Å²) in [7, 11) is 0. The summed E-state index contributed by atoms with van der Waals surface area (Å²) >= 11 is 0. The van der Waals surface area contributed by atoms with E-state index in [0.29, 0.717) is 0 Å². The Bertz CT molecular complexity index is 203. The first-order valence-corrected chi connectivity index (χ1v) is 4.79. The van der Waals surface area contributed by atoms with Crippen LogP contribution < -0.4 is 0 Å². The Morgan fingerprint density at radius 1 is 1.42 bits per heavy atom. The highest BCUT2D eigenvalue weighted by Gasteiger charge is 2.19. The summed E-state index contributed by atoms with van der Waals surface area (Å²) in [5.41, 5.74) is 1.35. The van der Waals surface area contributed by atoms with E-state index in [1.54, 1.807) is 6.92 Å². The number of rotatable bonds is 1. The van der Waals surface area contributed by atoms with Gasteiger partial charge in [0.05, 0.1) is 0 Å². The van der Waals surface area contributed by atoms with Crippen LogP contribution in [-0.2, 0) is 4.79 Å². The predicted octanol–water partition coefficient (Wildman–Crippen LogP) is 2.96. The van der Waals surface area contributed by atoms with Crippen LogP contribution in [0.15, 0.2) is 11.6 Å². The number of ketones is 1. The molecule has 0 radical (unpaired) electrons. The van der Waals surface area contributed by atoms with Crippen LogP contribution in [0.3, 0.4) is 0 Å². The molecular formula is C11H18O. The van der Waals surface area contributed by atoms with Crippen LogP contribution in [0, 0.1) is 11.8 Å². The van der Waals surface area contributed by atoms with E-state index >= 15 is 0 Å². The van der Waals surface area contributed by atoms with Gasteiger partial charge in [0.1, 0.15) is 0 Å². The third kappa shape index (κ3) is 2.47. The number of hydrogen-bond acceptors (Lipinski definition) is 1. The van der Waals surface area contributed by atoms with Gasteiger partial charge in [-0.05, 0) is 44.1 Å². The van der Waals surface area contributed by atoms with Crippen molar-refractivity contribution in [3.05, 3.63) is 11.6 Å². The molecule has 2 atom stereocenters. The molecule has 12 heavy (non-hydrogen) atoms. The fraction of sp³-hybridized carbons (Fsp3) is 0.727. The Balaban J connectivity index is 2.56. The summed E-state index contributed by atoms with van der Waals surface area (Å²) in [4.78, 5) is 10.8. The van der Waals surface area contributed by atoms with Crippen molar-refractivity contribution >= 4 is 5.78 Å². The molecule has 1 nitrogen and oxygen atoms in total. The maximum Gasteiger partial charge on any atom is 0.152 e. The molecule has 0 aliphatic heterocycles. The van der Waals surface area contributed by atoms with Crippen molar-refractivity contribution in [2.24, 2.45) is 11.8 Å². The minimum Gasteiger partial charge on any atom is -0.295 e. The van der Waals surface area contributed by atoms with E-state index in [1.165, 1.54) is 12.0 Å². The van der Waals surface area contributed by atoms with Crippen LogP contribution in [0.4, 0.5) is 0 Å². The predicted molar refractivity (Wildman–Crippen MR) is 50.9 cm³/mol. The van der Waals surface area contributed by atoms with Gasteiger partial charge < -0.3 is 0 Å². The van der Waals surface area contributed by atoms with Gasteiger partial charge in [-0.15, -0.1) is 0 Å². The van der Waals surface area contributed by atoms with Gasteiger partial charge in [-0.3, -0.25) is 4.79 Å². The monoisotopic (exact) mass is 166 g/mol. The summed E-state index contributed by atoms with van der Waals surface area (Å²) in [5, 5.41) is 0. The average Bonchev–Trinajstić information content (AvgIpc) is 1.96. The largest absolute Gasteiger partial charge is 0.295 e. The molecule has 0 N–H and O–H groups in total. The minimum atomic E-state index is 0.201. The zero-order valence-electron chi connectivity index (χ0n) is 8.26. The highest BCUT2D eigenvalue weighted by atomic mass is 16.1. The van der Waals surface area contributed by atoms with Gasteiger partial charge in [-0.25, -0.2) is 0 Å². The molecule has 0 spiro atoms. The Morgan fingerprint density at radius 3 is 2.58 bits per heavy atom. The third-order valence-electron chi connectivity index (χ3n) is 2.88. The van der Waals surface area contributed by atoms with Gasteiger partial charge in [-0.1, -0.05) is 19.4 Å². The lowest BCUT2D eigenvalue weighted by molar-refractivity contribution is -0.112. The lowest BCUT2D eigenvalue weighted by Crippen LogP contribution is -2.15. The van der Waals surface area contributed by atoms with E-state index in [0.717, 1.165) is 24.7 Å². The van der Waals surface area contributed by atoms with E-state index in [2.05, 4.69) is 13.8 Å². The highest BCUT2D eigenvalue weighted by molar-refractivity contribution is 5.87. The summed E-state index contributed by atoms with van der Waals surface area (Å²) in [6.45, 7) is 6.21. The molecule has 0 heterocycles. The lowest BCUT2D eigenvalue weighted by atomic mass is 9.79. The van der Waals surface area contributed by atoms with Crippen LogP contribution in [0.25, 0.3) is 0 Å². The smallest absolute Gasteiger partial charge is 0.152 e. The molecule has 1 aliphatic carbocycles. The van der Waals surface area contributed by atoms with Crippen molar-refractivity contribution in [1.29, 1.82) is 0 Å². The Labute approximate surface area is 74.9 Å². The second-order valence-corrected chi connectivity index (χ2v) is 4.11. The zero-order chi connectivity index (χ0) is 9.14. The van der Waals surface area contributed by atoms with Crippen LogP contribution >= 0.6 is 0 Å². The highest BCUT2D eigenvalue weighted by Crippen LogP contribution is 2.32. The molecular weight excluding hydrogens is 148 g/mol. The van der Waals surface area contributed by atoms with Crippen molar-refractivity contribution in [1.82, 2.24) is 0 Å². The molecule has 1 saturated carbocycles. The molecule has 0 bridgehead atoms. The molecule has 1 fully saturated rings. The number of carbonyl (C=O) groups is 1. The Morgan fingerprint density at radius 2 is 2.08 bits per heavy atom. The molecule has 2 unspecified atom stereocenters. The van der Waals surface area contributed by atoms with Gasteiger partial charge in [0.15, 0.2) is 5.78 Å². The summed E-state index contributed by atoms with van der Waals surface area (Å²) in [6, 6.07) is 0. The lowest BCUT2D eigenvalue weighted by Gasteiger charge is -2.27. The molecule has 0 aromatic carbocycles. The number of allylic oxidation sites excluding steroid dienone is 2. The zero-order valence-corrected chi connectivity index (χ0v) is 8.26. The quantitative estimate of drug-likeness (QED) is 0.547. The fourth-order valence-electron chi connectivity index (χ4n) is 1.83. The number of carbonyl (C=O) groups excluding carboxylic acids is 1. The first-order valence-electron chi connectivity index (χ1n) is 4.79. The SMILES string of the molecule is CC(=O)/C=C1\CCC(C)C(C)C1. The Hall–Kier alpha value is -0.590. The van der Waals surface area contributed by atoms with Gasteiger partial charge in [0, 0.05) is 0 Å². The van der Waals surface area contributed by atoms with E-state index in [9.17, 15) is 4.79 Å². The summed E-state index contributed by atoms with van der Waals surface area (Å²) in [5.74, 6) is 1.78. The maximum atomic E-state index is 10.8. The fourth-order valence-corrected chi connectivity index (χ4v) is 1.83. The first kappa shape index (κ1) is 9.50. The minimum absolute atomic E-state index is 0.201. The van der Waals surface area contributed by atoms with E-state index in [1.807, 2.05) is 6.08 Å². The van der Waals surface area contributed by atoms with Gasteiger partial charge in [-0.2, -0.15) is 0 Å². The standard InChI is InChI=1S/C11H18O/c1-8-4-5-11(6-9(8)2)7-10(3)12/h7-9H,4-6H2,1-3H3/b11-7+. The summed E-state index contributed by atoms with van der Waals surface area (Å²) in [6.07, 6.45) is 5.33. The molecule has 0 amide bonds. The number of hydrogen-bond donors (Lipinski definition) is 0. The Kier molecular flexibility index (Phi) is 3.07. The van der Waals surface area contributed by atoms with Crippen molar-refractivity contribution < 1.29 is 4.79 Å². The van der Waals surface area contributed by atoms with Gasteiger partial charge >= 0.3 is 0 Å². The van der Waals surface area contributed by atoms with Crippen molar-refractivity contribution in [2.75, 3.05) is 0 Å². The van der Waals surface area contributed by atoms with Crippen LogP contribution in [0.1, 0.15) is 40.0 Å². The van der Waals surface area contributed by atoms with Gasteiger partial charge in [0.2, 0.25) is 0 Å². The topological polar surface area (TPSA) is 17.1 Å². The molecule has 1 rings (SSSR count). The normalized spacial score (nSPS) is 33.8. The van der Waals surface area contributed by atoms with E-state index in [-0.39, 0.29) is 5.78 Å². The molecule has 1 heteroatoms. The second-order valence-electron chi connectivity index (χ2n) is 4.11. The molecule has 0 aromatic heterocycles. The molecule has 1 aliphatic rings. The van der Waals surface area contributed by atoms with Crippen LogP contribution in [0.2, 0.25) is 0 Å². The van der Waals surface area contributed by atoms with Crippen molar-refractivity contribution in [3.8, 4) is 0 Å². The second kappa shape index (κ2) is 3.88. The van der Waals surface area contributed by atoms with Gasteiger partial charge in [0.25, 0.3) is 0 Å². The molecule has 68 valence electrons. The third-order valence-corrected chi connectivity index (χ3v) is 2.88. The first-order chi connectivity index (χ1) is 5.59. The maximum absolute atomic E-state index is 10.8. The average molecular weight is 166 g/mol. The van der Waals surface area contributed by atoms with Crippen molar-refractivity contribution in [3.63, 3.8) is 0 Å². The molecule has 0 aromatic rings. The van der Waals surface area contributed by atoms with E-state index < -0.39 is 0 Å². The summed E-state index contributed by atoms with van der Waals surface area (Å²) < 4.78 is 0.